The van der Waals surface area contributed by atoms with E-state index < -0.39 is 10.0 Å². The molecule has 2 aliphatic heterocycles. The van der Waals surface area contributed by atoms with Gasteiger partial charge in [0.05, 0.1) is 11.4 Å². The van der Waals surface area contributed by atoms with E-state index in [0.717, 1.165) is 32.4 Å². The largest absolute Gasteiger partial charge is 0.325 e. The zero-order valence-electron chi connectivity index (χ0n) is 16.4. The number of piperidine rings is 2. The quantitative estimate of drug-likeness (QED) is 0.835. The number of nitrogens with zero attached hydrogens (tertiary/aromatic N) is 2. The molecule has 6 nitrogen and oxygen atoms in total. The Morgan fingerprint density at radius 3 is 2.22 bits per heavy atom. The molecular formula is C20H31N3O3S. The molecule has 0 radical (unpaired) electrons. The number of carbonyl (C=O) groups excluding carboxylic acids is 1. The Morgan fingerprint density at radius 1 is 1.04 bits per heavy atom. The van der Waals surface area contributed by atoms with Gasteiger partial charge < -0.3 is 5.32 Å². The molecule has 2 atom stereocenters. The van der Waals surface area contributed by atoms with Crippen LogP contribution in [0.1, 0.15) is 39.5 Å². The second kappa shape index (κ2) is 8.71. The van der Waals surface area contributed by atoms with Gasteiger partial charge in [-0.15, -0.1) is 0 Å². The molecule has 7 heteroatoms. The second-order valence-electron chi connectivity index (χ2n) is 8.18. The maximum Gasteiger partial charge on any atom is 0.243 e. The Morgan fingerprint density at radius 2 is 1.63 bits per heavy atom. The summed E-state index contributed by atoms with van der Waals surface area (Å²) < 4.78 is 27.4. The topological polar surface area (TPSA) is 69.7 Å². The van der Waals surface area contributed by atoms with Crippen LogP contribution in [0.5, 0.6) is 0 Å². The summed E-state index contributed by atoms with van der Waals surface area (Å²) in [5.41, 5.74) is 0.635. The van der Waals surface area contributed by atoms with Crippen molar-refractivity contribution in [3.05, 3.63) is 24.3 Å². The third-order valence-corrected chi connectivity index (χ3v) is 7.27. The first-order valence-corrected chi connectivity index (χ1v) is 11.4. The molecule has 0 unspecified atom stereocenters. The Kier molecular flexibility index (Phi) is 6.55. The second-order valence-corrected chi connectivity index (χ2v) is 10.1. The monoisotopic (exact) mass is 393 g/mol. The highest BCUT2D eigenvalue weighted by molar-refractivity contribution is 7.89. The fourth-order valence-corrected chi connectivity index (χ4v) is 5.86. The van der Waals surface area contributed by atoms with Crippen molar-refractivity contribution in [3.8, 4) is 0 Å². The minimum absolute atomic E-state index is 0.0498. The molecule has 2 fully saturated rings. The first-order valence-electron chi connectivity index (χ1n) is 9.97. The van der Waals surface area contributed by atoms with Crippen LogP contribution in [0.3, 0.4) is 0 Å². The minimum Gasteiger partial charge on any atom is -0.325 e. The summed E-state index contributed by atoms with van der Waals surface area (Å²) in [7, 11) is -3.48. The predicted molar refractivity (Wildman–Crippen MR) is 107 cm³/mol. The molecule has 1 aromatic rings. The fourth-order valence-electron chi connectivity index (χ4n) is 4.18. The summed E-state index contributed by atoms with van der Waals surface area (Å²) in [6.07, 6.45) is 4.60. The van der Waals surface area contributed by atoms with Crippen LogP contribution in [-0.2, 0) is 14.8 Å². The van der Waals surface area contributed by atoms with E-state index in [0.29, 0.717) is 37.2 Å². The maximum atomic E-state index is 12.9. The van der Waals surface area contributed by atoms with Crippen molar-refractivity contribution in [1.29, 1.82) is 0 Å². The van der Waals surface area contributed by atoms with E-state index in [2.05, 4.69) is 24.1 Å². The van der Waals surface area contributed by atoms with Gasteiger partial charge in [0.15, 0.2) is 0 Å². The van der Waals surface area contributed by atoms with Gasteiger partial charge in [-0.25, -0.2) is 8.42 Å². The van der Waals surface area contributed by atoms with Gasteiger partial charge in [-0.3, -0.25) is 9.69 Å². The number of carbonyl (C=O) groups is 1. The van der Waals surface area contributed by atoms with Crippen molar-refractivity contribution in [2.45, 2.75) is 44.4 Å². The van der Waals surface area contributed by atoms with Gasteiger partial charge in [-0.05, 0) is 68.5 Å². The first-order chi connectivity index (χ1) is 12.8. The van der Waals surface area contributed by atoms with E-state index in [4.69, 9.17) is 0 Å². The molecular weight excluding hydrogens is 362 g/mol. The number of anilines is 1. The summed E-state index contributed by atoms with van der Waals surface area (Å²) in [6, 6.07) is 6.54. The lowest BCUT2D eigenvalue weighted by molar-refractivity contribution is -0.117. The van der Waals surface area contributed by atoms with E-state index in [9.17, 15) is 13.2 Å². The van der Waals surface area contributed by atoms with Crippen LogP contribution < -0.4 is 5.32 Å². The van der Waals surface area contributed by atoms with Crippen molar-refractivity contribution < 1.29 is 13.2 Å². The summed E-state index contributed by atoms with van der Waals surface area (Å²) in [5.74, 6) is 0.694. The van der Waals surface area contributed by atoms with Crippen molar-refractivity contribution in [3.63, 3.8) is 0 Å². The molecule has 1 aromatic carbocycles. The van der Waals surface area contributed by atoms with Crippen molar-refractivity contribution in [2.75, 3.05) is 38.0 Å². The molecule has 2 aliphatic rings. The number of hydrogen-bond acceptors (Lipinski definition) is 4. The van der Waals surface area contributed by atoms with Crippen LogP contribution in [0, 0.1) is 11.8 Å². The molecule has 2 saturated heterocycles. The van der Waals surface area contributed by atoms with Crippen molar-refractivity contribution >= 4 is 21.6 Å². The normalized spacial score (nSPS) is 25.3. The van der Waals surface area contributed by atoms with Gasteiger partial charge in [-0.1, -0.05) is 20.3 Å². The highest BCUT2D eigenvalue weighted by Gasteiger charge is 2.31. The standard InChI is InChI=1S/C20H31N3O3S/c1-16-12-17(2)14-23(13-16)27(25,26)19-8-6-18(7-9-19)21-20(24)15-22-10-4-3-5-11-22/h6-9,16-17H,3-5,10-15H2,1-2H3,(H,21,24)/t16-,17+. The van der Waals surface area contributed by atoms with E-state index >= 15 is 0 Å². The first kappa shape index (κ1) is 20.3. The molecule has 0 saturated carbocycles. The molecule has 1 N–H and O–H groups in total. The molecule has 0 spiro atoms. The van der Waals surface area contributed by atoms with Crippen LogP contribution in [0.25, 0.3) is 0 Å². The van der Waals surface area contributed by atoms with Crippen molar-refractivity contribution in [1.82, 2.24) is 9.21 Å². The Hall–Kier alpha value is -1.44. The molecule has 0 bridgehead atoms. The third-order valence-electron chi connectivity index (χ3n) is 5.43. The van der Waals surface area contributed by atoms with Crippen LogP contribution >= 0.6 is 0 Å². The van der Waals surface area contributed by atoms with Gasteiger partial charge in [0.2, 0.25) is 15.9 Å². The van der Waals surface area contributed by atoms with E-state index in [1.165, 1.54) is 6.42 Å². The minimum atomic E-state index is -3.48. The molecule has 0 aromatic heterocycles. The number of benzene rings is 1. The third kappa shape index (κ3) is 5.30. The molecule has 2 heterocycles. The van der Waals surface area contributed by atoms with Gasteiger partial charge in [0, 0.05) is 18.8 Å². The zero-order valence-corrected chi connectivity index (χ0v) is 17.2. The zero-order chi connectivity index (χ0) is 19.4. The Labute approximate surface area is 163 Å². The lowest BCUT2D eigenvalue weighted by atomic mass is 9.94. The summed E-state index contributed by atoms with van der Waals surface area (Å²) in [6.45, 7) is 7.67. The van der Waals surface area contributed by atoms with Gasteiger partial charge in [0.1, 0.15) is 0 Å². The lowest BCUT2D eigenvalue weighted by Gasteiger charge is -2.34. The average molecular weight is 394 g/mol. The lowest BCUT2D eigenvalue weighted by Crippen LogP contribution is -2.42. The number of amides is 1. The highest BCUT2D eigenvalue weighted by atomic mass is 32.2. The highest BCUT2D eigenvalue weighted by Crippen LogP contribution is 2.27. The number of hydrogen-bond donors (Lipinski definition) is 1. The van der Waals surface area contributed by atoms with Crippen LogP contribution in [0.2, 0.25) is 0 Å². The number of sulfonamides is 1. The number of nitrogens with one attached hydrogen (secondary N) is 1. The van der Waals surface area contributed by atoms with E-state index in [-0.39, 0.29) is 10.8 Å². The average Bonchev–Trinajstić information content (AvgIpc) is 2.62. The summed E-state index contributed by atoms with van der Waals surface area (Å²) >= 11 is 0. The predicted octanol–water partition coefficient (Wildman–Crippen LogP) is 2.78. The summed E-state index contributed by atoms with van der Waals surface area (Å²) in [4.78, 5) is 14.7. The Bertz CT molecular complexity index is 732. The van der Waals surface area contributed by atoms with E-state index in [1.54, 1.807) is 28.6 Å². The molecule has 1 amide bonds. The maximum absolute atomic E-state index is 12.9. The van der Waals surface area contributed by atoms with Gasteiger partial charge in [-0.2, -0.15) is 4.31 Å². The number of rotatable bonds is 5. The fraction of sp³-hybridized carbons (Fsp3) is 0.650. The Balaban J connectivity index is 1.61. The van der Waals surface area contributed by atoms with Crippen LogP contribution in [0.15, 0.2) is 29.2 Å². The van der Waals surface area contributed by atoms with Gasteiger partial charge in [0.25, 0.3) is 0 Å². The molecule has 27 heavy (non-hydrogen) atoms. The van der Waals surface area contributed by atoms with Crippen LogP contribution in [-0.4, -0.2) is 56.3 Å². The molecule has 150 valence electrons. The molecule has 3 rings (SSSR count). The summed E-state index contributed by atoms with van der Waals surface area (Å²) in [5, 5.41) is 2.87. The molecule has 0 aliphatic carbocycles. The SMILES string of the molecule is C[C@@H]1C[C@H](C)CN(S(=O)(=O)c2ccc(NC(=O)CN3CCCCC3)cc2)C1. The van der Waals surface area contributed by atoms with Gasteiger partial charge >= 0.3 is 0 Å². The number of likely N-dealkylation sites (tertiary alicyclic amines) is 1. The van der Waals surface area contributed by atoms with Crippen molar-refractivity contribution in [2.24, 2.45) is 11.8 Å². The van der Waals surface area contributed by atoms with E-state index in [1.807, 2.05) is 0 Å². The smallest absolute Gasteiger partial charge is 0.243 e. The van der Waals surface area contributed by atoms with Crippen LogP contribution in [0.4, 0.5) is 5.69 Å².